The van der Waals surface area contributed by atoms with Gasteiger partial charge in [0.25, 0.3) is 0 Å². The highest BCUT2D eigenvalue weighted by Crippen LogP contribution is 2.30. The van der Waals surface area contributed by atoms with Gasteiger partial charge in [-0.2, -0.15) is 0 Å². The van der Waals surface area contributed by atoms with Crippen LogP contribution in [0.4, 0.5) is 0 Å². The van der Waals surface area contributed by atoms with Crippen LogP contribution >= 0.6 is 27.3 Å². The Balaban J connectivity index is 2.16. The molecule has 2 nitrogen and oxygen atoms in total. The number of rotatable bonds is 2. The number of thiophene rings is 1. The molecule has 1 atom stereocenters. The summed E-state index contributed by atoms with van der Waals surface area (Å²) in [5.74, 6) is 0.299. The molecule has 1 aliphatic rings. The molecule has 0 aliphatic carbocycles. The van der Waals surface area contributed by atoms with Crippen molar-refractivity contribution in [1.82, 2.24) is 0 Å². The zero-order valence-electron chi connectivity index (χ0n) is 8.59. The molecule has 2 rings (SSSR count). The van der Waals surface area contributed by atoms with Crippen LogP contribution in [0.1, 0.15) is 27.4 Å². The molecule has 1 aromatic heterocycles. The summed E-state index contributed by atoms with van der Waals surface area (Å²) in [5.41, 5.74) is 0. The fourth-order valence-electron chi connectivity index (χ4n) is 1.78. The van der Waals surface area contributed by atoms with Crippen LogP contribution in [0, 0.1) is 12.8 Å². The first-order valence-electron chi connectivity index (χ1n) is 5.06. The highest BCUT2D eigenvalue weighted by Gasteiger charge is 2.25. The van der Waals surface area contributed by atoms with Crippen LogP contribution in [0.2, 0.25) is 0 Å². The van der Waals surface area contributed by atoms with Gasteiger partial charge in [-0.15, -0.1) is 11.3 Å². The molecular weight excluding hydrogens is 276 g/mol. The minimum absolute atomic E-state index is 0.0631. The average Bonchev–Trinajstić information content (AvgIpc) is 2.58. The molecule has 1 unspecified atom stereocenters. The van der Waals surface area contributed by atoms with Crippen molar-refractivity contribution in [3.63, 3.8) is 0 Å². The summed E-state index contributed by atoms with van der Waals surface area (Å²) in [6, 6.07) is 2.00. The molecule has 0 spiro atoms. The van der Waals surface area contributed by atoms with E-state index in [1.807, 2.05) is 13.0 Å². The molecule has 1 saturated heterocycles. The Kier molecular flexibility index (Phi) is 3.59. The van der Waals surface area contributed by atoms with Crippen LogP contribution in [0.5, 0.6) is 0 Å². The van der Waals surface area contributed by atoms with Gasteiger partial charge >= 0.3 is 0 Å². The number of carbonyl (C=O) groups is 1. The van der Waals surface area contributed by atoms with Gasteiger partial charge in [-0.3, -0.25) is 4.79 Å². The molecule has 82 valence electrons. The first kappa shape index (κ1) is 11.3. The van der Waals surface area contributed by atoms with Gasteiger partial charge in [-0.1, -0.05) is 0 Å². The van der Waals surface area contributed by atoms with E-state index >= 15 is 0 Å². The molecule has 0 saturated carbocycles. The monoisotopic (exact) mass is 288 g/mol. The van der Waals surface area contributed by atoms with Crippen LogP contribution in [-0.2, 0) is 4.74 Å². The van der Waals surface area contributed by atoms with Crippen molar-refractivity contribution in [2.45, 2.75) is 19.8 Å². The summed E-state index contributed by atoms with van der Waals surface area (Å²) in [6.07, 6.45) is 1.96. The van der Waals surface area contributed by atoms with E-state index in [9.17, 15) is 4.79 Å². The first-order chi connectivity index (χ1) is 7.18. The molecule has 1 fully saturated rings. The molecule has 0 bridgehead atoms. The van der Waals surface area contributed by atoms with Gasteiger partial charge in [-0.05, 0) is 41.8 Å². The zero-order valence-corrected chi connectivity index (χ0v) is 11.0. The van der Waals surface area contributed by atoms with Crippen molar-refractivity contribution in [2.24, 2.45) is 5.92 Å². The minimum Gasteiger partial charge on any atom is -0.381 e. The van der Waals surface area contributed by atoms with E-state index in [1.54, 1.807) is 11.3 Å². The van der Waals surface area contributed by atoms with Crippen molar-refractivity contribution >= 4 is 33.0 Å². The summed E-state index contributed by atoms with van der Waals surface area (Å²) in [4.78, 5) is 14.2. The minimum atomic E-state index is 0.0631. The van der Waals surface area contributed by atoms with Crippen molar-refractivity contribution in [2.75, 3.05) is 13.2 Å². The Bertz CT molecular complexity index is 367. The Morgan fingerprint density at radius 1 is 1.67 bits per heavy atom. The van der Waals surface area contributed by atoms with Gasteiger partial charge in [-0.25, -0.2) is 0 Å². The maximum Gasteiger partial charge on any atom is 0.179 e. The third-order valence-electron chi connectivity index (χ3n) is 2.56. The topological polar surface area (TPSA) is 26.3 Å². The third kappa shape index (κ3) is 2.49. The van der Waals surface area contributed by atoms with Crippen molar-refractivity contribution in [1.29, 1.82) is 0 Å². The second-order valence-corrected chi connectivity index (χ2v) is 5.92. The standard InChI is InChI=1S/C11H13BrO2S/c1-7-5-9(12)11(15-7)10(13)8-3-2-4-14-6-8/h5,8H,2-4,6H2,1H3. The lowest BCUT2D eigenvalue weighted by atomic mass is 9.96. The predicted octanol–water partition coefficient (Wildman–Crippen LogP) is 3.43. The van der Waals surface area contributed by atoms with Crippen LogP contribution in [0.3, 0.4) is 0 Å². The smallest absolute Gasteiger partial charge is 0.179 e. The average molecular weight is 289 g/mol. The number of Topliss-reactive ketones (excluding diaryl/α,β-unsaturated/α-hetero) is 1. The fraction of sp³-hybridized carbons (Fsp3) is 0.545. The van der Waals surface area contributed by atoms with Gasteiger partial charge in [0.2, 0.25) is 0 Å². The molecular formula is C11H13BrO2S. The number of ketones is 1. The maximum absolute atomic E-state index is 12.1. The Morgan fingerprint density at radius 2 is 2.47 bits per heavy atom. The third-order valence-corrected chi connectivity index (χ3v) is 4.52. The Hall–Kier alpha value is -0.190. The molecule has 15 heavy (non-hydrogen) atoms. The molecule has 1 aromatic rings. The quantitative estimate of drug-likeness (QED) is 0.780. The van der Waals surface area contributed by atoms with Crippen LogP contribution in [0.25, 0.3) is 0 Å². The number of aryl methyl sites for hydroxylation is 1. The van der Waals surface area contributed by atoms with E-state index < -0.39 is 0 Å². The van der Waals surface area contributed by atoms with Gasteiger partial charge in [0.05, 0.1) is 11.5 Å². The lowest BCUT2D eigenvalue weighted by Gasteiger charge is -2.20. The van der Waals surface area contributed by atoms with Crippen LogP contribution in [-0.4, -0.2) is 19.0 Å². The van der Waals surface area contributed by atoms with Crippen LogP contribution < -0.4 is 0 Å². The number of carbonyl (C=O) groups excluding carboxylic acids is 1. The van der Waals surface area contributed by atoms with Crippen molar-refractivity contribution < 1.29 is 9.53 Å². The largest absolute Gasteiger partial charge is 0.381 e. The molecule has 0 aromatic carbocycles. The summed E-state index contributed by atoms with van der Waals surface area (Å²) < 4.78 is 6.27. The van der Waals surface area contributed by atoms with E-state index in [0.717, 1.165) is 28.8 Å². The van der Waals surface area contributed by atoms with Gasteiger partial charge < -0.3 is 4.74 Å². The normalized spacial score (nSPS) is 21.6. The second kappa shape index (κ2) is 4.76. The second-order valence-electron chi connectivity index (χ2n) is 3.81. The summed E-state index contributed by atoms with van der Waals surface area (Å²) >= 11 is 5.00. The number of halogens is 1. The maximum atomic E-state index is 12.1. The van der Waals surface area contributed by atoms with Gasteiger partial charge in [0.1, 0.15) is 0 Å². The molecule has 1 aliphatic heterocycles. The first-order valence-corrected chi connectivity index (χ1v) is 6.67. The zero-order chi connectivity index (χ0) is 10.8. The number of hydrogen-bond donors (Lipinski definition) is 0. The molecule has 0 N–H and O–H groups in total. The molecule has 2 heterocycles. The lowest BCUT2D eigenvalue weighted by Crippen LogP contribution is -2.24. The number of hydrogen-bond acceptors (Lipinski definition) is 3. The van der Waals surface area contributed by atoms with Crippen LogP contribution in [0.15, 0.2) is 10.5 Å². The van der Waals surface area contributed by atoms with Gasteiger partial charge in [0, 0.05) is 21.9 Å². The van der Waals surface area contributed by atoms with E-state index in [-0.39, 0.29) is 11.7 Å². The fourth-order valence-corrected chi connectivity index (χ4v) is 3.64. The SMILES string of the molecule is Cc1cc(Br)c(C(=O)C2CCCOC2)s1. The molecule has 0 amide bonds. The highest BCUT2D eigenvalue weighted by atomic mass is 79.9. The predicted molar refractivity (Wildman–Crippen MR) is 64.6 cm³/mol. The van der Waals surface area contributed by atoms with Gasteiger partial charge in [0.15, 0.2) is 5.78 Å². The molecule has 0 radical (unpaired) electrons. The Labute approximate surface area is 102 Å². The summed E-state index contributed by atoms with van der Waals surface area (Å²) in [6.45, 7) is 3.40. The van der Waals surface area contributed by atoms with Crippen molar-refractivity contribution in [3.05, 3.63) is 20.3 Å². The van der Waals surface area contributed by atoms with E-state index in [1.165, 1.54) is 4.88 Å². The summed E-state index contributed by atoms with van der Waals surface area (Å²) in [7, 11) is 0. The highest BCUT2D eigenvalue weighted by molar-refractivity contribution is 9.10. The van der Waals surface area contributed by atoms with E-state index in [2.05, 4.69) is 15.9 Å². The lowest BCUT2D eigenvalue weighted by molar-refractivity contribution is 0.0463. The Morgan fingerprint density at radius 3 is 3.00 bits per heavy atom. The van der Waals surface area contributed by atoms with E-state index in [4.69, 9.17) is 4.74 Å². The molecule has 4 heteroatoms. The van der Waals surface area contributed by atoms with Crippen molar-refractivity contribution in [3.8, 4) is 0 Å². The number of ether oxygens (including phenoxy) is 1. The summed E-state index contributed by atoms with van der Waals surface area (Å²) in [5, 5.41) is 0. The van der Waals surface area contributed by atoms with E-state index in [0.29, 0.717) is 6.61 Å².